The maximum absolute atomic E-state index is 10.7. The normalized spacial score (nSPS) is 23.5. The fraction of sp³-hybridized carbons (Fsp3) is 0.778. The van der Waals surface area contributed by atoms with Crippen molar-refractivity contribution in [1.29, 1.82) is 0 Å². The molecular weight excluding hydrogens is 168 g/mol. The maximum atomic E-state index is 10.7. The molecule has 0 aromatic heterocycles. The van der Waals surface area contributed by atoms with E-state index in [-0.39, 0.29) is 5.41 Å². The Hall–Kier alpha value is -0.900. The first-order valence-corrected chi connectivity index (χ1v) is 4.53. The summed E-state index contributed by atoms with van der Waals surface area (Å²) in [6.45, 7) is 3.73. The Labute approximate surface area is 78.0 Å². The number of hydrogen-bond donors (Lipinski definition) is 2. The van der Waals surface area contributed by atoms with Crippen molar-refractivity contribution in [1.82, 2.24) is 5.43 Å². The number of nitrogens with one attached hydrogen (secondary N) is 1. The van der Waals surface area contributed by atoms with Crippen LogP contribution in [0.5, 0.6) is 0 Å². The molecule has 0 unspecified atom stereocenters. The minimum Gasteiger partial charge on any atom is -0.386 e. The highest BCUT2D eigenvalue weighted by Crippen LogP contribution is 2.34. The van der Waals surface area contributed by atoms with Gasteiger partial charge in [-0.05, 0) is 19.3 Å². The SMILES string of the molecule is CC1(C)CCC/C1=N\NC(=O)CO. The van der Waals surface area contributed by atoms with Crippen LogP contribution in [0.3, 0.4) is 0 Å². The summed E-state index contributed by atoms with van der Waals surface area (Å²) < 4.78 is 0. The standard InChI is InChI=1S/C9H16N2O2/c1-9(2)5-3-4-7(9)10-11-8(13)6-12/h12H,3-6H2,1-2H3,(H,11,13)/b10-7+. The minimum atomic E-state index is -0.503. The van der Waals surface area contributed by atoms with Gasteiger partial charge in [0.15, 0.2) is 0 Å². The first kappa shape index (κ1) is 10.2. The number of hydrazone groups is 1. The van der Waals surface area contributed by atoms with Crippen LogP contribution in [0.25, 0.3) is 0 Å². The van der Waals surface area contributed by atoms with Crippen molar-refractivity contribution in [3.63, 3.8) is 0 Å². The molecule has 1 rings (SSSR count). The molecule has 0 heterocycles. The third-order valence-electron chi connectivity index (χ3n) is 2.46. The molecule has 0 bridgehead atoms. The first-order valence-electron chi connectivity index (χ1n) is 4.53. The lowest BCUT2D eigenvalue weighted by molar-refractivity contribution is -0.123. The molecule has 1 fully saturated rings. The van der Waals surface area contributed by atoms with Crippen molar-refractivity contribution in [2.24, 2.45) is 10.5 Å². The monoisotopic (exact) mass is 184 g/mol. The lowest BCUT2D eigenvalue weighted by Crippen LogP contribution is -2.26. The highest BCUT2D eigenvalue weighted by atomic mass is 16.3. The van der Waals surface area contributed by atoms with E-state index in [9.17, 15) is 4.79 Å². The van der Waals surface area contributed by atoms with Gasteiger partial charge in [0.2, 0.25) is 0 Å². The second kappa shape index (κ2) is 3.87. The molecule has 4 nitrogen and oxygen atoms in total. The zero-order chi connectivity index (χ0) is 9.90. The fourth-order valence-electron chi connectivity index (χ4n) is 1.55. The van der Waals surface area contributed by atoms with Gasteiger partial charge in [0.1, 0.15) is 6.61 Å². The van der Waals surface area contributed by atoms with Crippen molar-refractivity contribution in [3.05, 3.63) is 0 Å². The van der Waals surface area contributed by atoms with Crippen LogP contribution in [-0.4, -0.2) is 23.3 Å². The van der Waals surface area contributed by atoms with Gasteiger partial charge in [-0.25, -0.2) is 5.43 Å². The van der Waals surface area contributed by atoms with Gasteiger partial charge in [0.25, 0.3) is 5.91 Å². The second-order valence-corrected chi connectivity index (χ2v) is 3.99. The number of aliphatic hydroxyl groups excluding tert-OH is 1. The summed E-state index contributed by atoms with van der Waals surface area (Å²) >= 11 is 0. The summed E-state index contributed by atoms with van der Waals surface area (Å²) in [6, 6.07) is 0. The number of rotatable bonds is 2. The van der Waals surface area contributed by atoms with Crippen molar-refractivity contribution in [2.45, 2.75) is 33.1 Å². The molecule has 0 aliphatic heterocycles. The summed E-state index contributed by atoms with van der Waals surface area (Å²) in [5, 5.41) is 12.5. The van der Waals surface area contributed by atoms with Crippen molar-refractivity contribution < 1.29 is 9.90 Å². The van der Waals surface area contributed by atoms with Gasteiger partial charge in [-0.15, -0.1) is 0 Å². The molecule has 0 aromatic carbocycles. The lowest BCUT2D eigenvalue weighted by Gasteiger charge is -2.17. The predicted molar refractivity (Wildman–Crippen MR) is 50.3 cm³/mol. The van der Waals surface area contributed by atoms with Crippen LogP contribution in [-0.2, 0) is 4.79 Å². The number of nitrogens with zero attached hydrogens (tertiary/aromatic N) is 1. The quantitative estimate of drug-likeness (QED) is 0.619. The van der Waals surface area contributed by atoms with E-state index >= 15 is 0 Å². The molecular formula is C9H16N2O2. The van der Waals surface area contributed by atoms with E-state index in [1.807, 2.05) is 0 Å². The molecule has 2 N–H and O–H groups in total. The van der Waals surface area contributed by atoms with Gasteiger partial charge in [-0.3, -0.25) is 4.79 Å². The number of carbonyl (C=O) groups excluding carboxylic acids is 1. The van der Waals surface area contributed by atoms with Crippen molar-refractivity contribution in [2.75, 3.05) is 6.61 Å². The molecule has 0 radical (unpaired) electrons. The third kappa shape index (κ3) is 2.52. The largest absolute Gasteiger partial charge is 0.386 e. The minimum absolute atomic E-state index is 0.0999. The first-order chi connectivity index (χ1) is 6.06. The molecule has 1 amide bonds. The lowest BCUT2D eigenvalue weighted by atomic mass is 9.90. The average Bonchev–Trinajstić information content (AvgIpc) is 2.41. The van der Waals surface area contributed by atoms with Gasteiger partial charge in [0, 0.05) is 11.1 Å². The van der Waals surface area contributed by atoms with Crippen molar-refractivity contribution >= 4 is 11.6 Å². The summed E-state index contributed by atoms with van der Waals surface area (Å²) in [5.41, 5.74) is 3.45. The Kier molecular flexibility index (Phi) is 3.03. The maximum Gasteiger partial charge on any atom is 0.265 e. The van der Waals surface area contributed by atoms with Crippen LogP contribution in [0.15, 0.2) is 5.10 Å². The summed E-state index contributed by atoms with van der Waals surface area (Å²) in [5.74, 6) is -0.449. The van der Waals surface area contributed by atoms with Gasteiger partial charge in [0.05, 0.1) is 0 Å². The van der Waals surface area contributed by atoms with E-state index in [0.717, 1.165) is 25.0 Å². The number of carbonyl (C=O) groups is 1. The number of hydrogen-bond acceptors (Lipinski definition) is 3. The van der Waals surface area contributed by atoms with Gasteiger partial charge in [-0.2, -0.15) is 5.10 Å². The van der Waals surface area contributed by atoms with Crippen LogP contribution in [0, 0.1) is 5.41 Å². The molecule has 0 atom stereocenters. The molecule has 4 heteroatoms. The van der Waals surface area contributed by atoms with E-state index in [2.05, 4.69) is 24.4 Å². The van der Waals surface area contributed by atoms with Gasteiger partial charge >= 0.3 is 0 Å². The molecule has 0 saturated heterocycles. The third-order valence-corrected chi connectivity index (χ3v) is 2.46. The average molecular weight is 184 g/mol. The zero-order valence-corrected chi connectivity index (χ0v) is 8.13. The number of amides is 1. The van der Waals surface area contributed by atoms with Crippen molar-refractivity contribution in [3.8, 4) is 0 Å². The topological polar surface area (TPSA) is 61.7 Å². The molecule has 1 aliphatic carbocycles. The predicted octanol–water partition coefficient (Wildman–Crippen LogP) is 0.661. The van der Waals surface area contributed by atoms with Crippen LogP contribution in [0.4, 0.5) is 0 Å². The van der Waals surface area contributed by atoms with E-state index < -0.39 is 12.5 Å². The number of aliphatic hydroxyl groups is 1. The molecule has 0 spiro atoms. The molecule has 74 valence electrons. The van der Waals surface area contributed by atoms with Crippen LogP contribution < -0.4 is 5.43 Å². The van der Waals surface area contributed by atoms with E-state index in [1.54, 1.807) is 0 Å². The smallest absolute Gasteiger partial charge is 0.265 e. The molecule has 13 heavy (non-hydrogen) atoms. The van der Waals surface area contributed by atoms with E-state index in [0.29, 0.717) is 0 Å². The van der Waals surface area contributed by atoms with Crippen LogP contribution in [0.1, 0.15) is 33.1 Å². The molecule has 1 aliphatic rings. The summed E-state index contributed by atoms with van der Waals surface area (Å²) in [6.07, 6.45) is 3.18. The summed E-state index contributed by atoms with van der Waals surface area (Å²) in [7, 11) is 0. The van der Waals surface area contributed by atoms with Gasteiger partial charge in [-0.1, -0.05) is 13.8 Å². The van der Waals surface area contributed by atoms with Gasteiger partial charge < -0.3 is 5.11 Å². The fourth-order valence-corrected chi connectivity index (χ4v) is 1.55. The Bertz CT molecular complexity index is 234. The highest BCUT2D eigenvalue weighted by Gasteiger charge is 2.30. The Morgan fingerprint density at radius 2 is 2.38 bits per heavy atom. The molecule has 0 aromatic rings. The van der Waals surface area contributed by atoms with E-state index in [4.69, 9.17) is 5.11 Å². The zero-order valence-electron chi connectivity index (χ0n) is 8.13. The van der Waals surface area contributed by atoms with Crippen LogP contribution >= 0.6 is 0 Å². The van der Waals surface area contributed by atoms with E-state index in [1.165, 1.54) is 0 Å². The Balaban J connectivity index is 2.56. The molecule has 1 saturated carbocycles. The highest BCUT2D eigenvalue weighted by molar-refractivity contribution is 5.92. The summed E-state index contributed by atoms with van der Waals surface area (Å²) in [4.78, 5) is 10.7. The second-order valence-electron chi connectivity index (χ2n) is 3.99. The Morgan fingerprint density at radius 1 is 1.69 bits per heavy atom. The van der Waals surface area contributed by atoms with Crippen LogP contribution in [0.2, 0.25) is 0 Å². The Morgan fingerprint density at radius 3 is 2.85 bits per heavy atom.